The summed E-state index contributed by atoms with van der Waals surface area (Å²) in [4.78, 5) is 29.8. The normalized spacial score (nSPS) is 11.3. The Kier molecular flexibility index (Phi) is 7.13. The second kappa shape index (κ2) is 9.81. The Balaban J connectivity index is 1.85. The van der Waals surface area contributed by atoms with Crippen LogP contribution in [-0.2, 0) is 17.9 Å². The summed E-state index contributed by atoms with van der Waals surface area (Å²) in [6.07, 6.45) is 0. The minimum absolute atomic E-state index is 0.0852. The van der Waals surface area contributed by atoms with Gasteiger partial charge in [-0.1, -0.05) is 30.3 Å². The summed E-state index contributed by atoms with van der Waals surface area (Å²) in [5.41, 5.74) is 0.757. The zero-order valence-corrected chi connectivity index (χ0v) is 19.0. The van der Waals surface area contributed by atoms with E-state index in [1.807, 2.05) is 45.9 Å². The largest absolute Gasteiger partial charge is 0.464 e. The highest BCUT2D eigenvalue weighted by Gasteiger charge is 2.31. The molecule has 1 heterocycles. The van der Waals surface area contributed by atoms with E-state index >= 15 is 0 Å². The summed E-state index contributed by atoms with van der Waals surface area (Å²) in [5, 5.41) is 0. The molecule has 3 aromatic rings. The van der Waals surface area contributed by atoms with E-state index in [-0.39, 0.29) is 37.3 Å². The first-order valence-corrected chi connectivity index (χ1v) is 10.6. The van der Waals surface area contributed by atoms with Crippen molar-refractivity contribution in [1.82, 2.24) is 9.80 Å². The van der Waals surface area contributed by atoms with Crippen LogP contribution >= 0.6 is 0 Å². The van der Waals surface area contributed by atoms with Gasteiger partial charge in [0, 0.05) is 17.6 Å². The molecule has 3 rings (SSSR count). The molecular weight excluding hydrogens is 407 g/mol. The predicted octanol–water partition coefficient (Wildman–Crippen LogP) is 5.20. The minimum atomic E-state index is -0.564. The monoisotopic (exact) mass is 436 g/mol. The van der Waals surface area contributed by atoms with E-state index in [0.717, 1.165) is 11.3 Å². The van der Waals surface area contributed by atoms with E-state index < -0.39 is 5.54 Å². The van der Waals surface area contributed by atoms with Crippen LogP contribution in [0, 0.1) is 12.7 Å². The first-order chi connectivity index (χ1) is 15.1. The second-order valence-electron chi connectivity index (χ2n) is 8.82. The van der Waals surface area contributed by atoms with Crippen LogP contribution in [0.1, 0.15) is 48.2 Å². The molecule has 0 bridgehead atoms. The van der Waals surface area contributed by atoms with E-state index in [1.165, 1.54) is 12.1 Å². The topological polar surface area (TPSA) is 53.8 Å². The molecule has 5 nitrogen and oxygen atoms in total. The number of nitrogens with zero attached hydrogens (tertiary/aromatic N) is 2. The van der Waals surface area contributed by atoms with Crippen molar-refractivity contribution in [3.63, 3.8) is 0 Å². The van der Waals surface area contributed by atoms with Crippen molar-refractivity contribution in [1.29, 1.82) is 0 Å². The van der Waals surface area contributed by atoms with Gasteiger partial charge in [0.25, 0.3) is 5.91 Å². The highest BCUT2D eigenvalue weighted by Crippen LogP contribution is 2.20. The van der Waals surface area contributed by atoms with Crippen molar-refractivity contribution in [2.24, 2.45) is 0 Å². The van der Waals surface area contributed by atoms with Crippen molar-refractivity contribution in [3.05, 3.63) is 95.2 Å². The lowest BCUT2D eigenvalue weighted by Crippen LogP contribution is -2.51. The van der Waals surface area contributed by atoms with Gasteiger partial charge in [0.2, 0.25) is 5.91 Å². The fourth-order valence-electron chi connectivity index (χ4n) is 3.39. The number of carbonyl (C=O) groups is 2. The number of rotatable bonds is 7. The lowest BCUT2D eigenvalue weighted by molar-refractivity contribution is -0.134. The molecule has 0 radical (unpaired) electrons. The van der Waals surface area contributed by atoms with Crippen LogP contribution in [0.4, 0.5) is 4.39 Å². The molecule has 2 aromatic carbocycles. The highest BCUT2D eigenvalue weighted by atomic mass is 19.1. The molecule has 168 valence electrons. The molecule has 32 heavy (non-hydrogen) atoms. The van der Waals surface area contributed by atoms with Crippen LogP contribution in [0.25, 0.3) is 0 Å². The molecule has 0 spiro atoms. The zero-order valence-electron chi connectivity index (χ0n) is 19.0. The molecule has 1 aromatic heterocycles. The van der Waals surface area contributed by atoms with Crippen molar-refractivity contribution in [2.75, 3.05) is 6.54 Å². The lowest BCUT2D eigenvalue weighted by Gasteiger charge is -2.36. The number of carbonyl (C=O) groups excluding carboxylic acids is 2. The van der Waals surface area contributed by atoms with E-state index in [4.69, 9.17) is 4.42 Å². The summed E-state index contributed by atoms with van der Waals surface area (Å²) >= 11 is 0. The SMILES string of the molecule is Cc1ccc(CN(Cc2ccc(F)cc2)C(=O)CN(C(=O)c2ccccc2)C(C)(C)C)o1. The van der Waals surface area contributed by atoms with Crippen LogP contribution in [-0.4, -0.2) is 33.7 Å². The Morgan fingerprint density at radius 1 is 0.906 bits per heavy atom. The molecule has 0 atom stereocenters. The van der Waals surface area contributed by atoms with E-state index in [1.54, 1.807) is 46.2 Å². The summed E-state index contributed by atoms with van der Waals surface area (Å²) < 4.78 is 19.0. The maximum atomic E-state index is 13.4. The Morgan fingerprint density at radius 3 is 2.12 bits per heavy atom. The van der Waals surface area contributed by atoms with E-state index in [9.17, 15) is 14.0 Å². The van der Waals surface area contributed by atoms with Gasteiger partial charge in [-0.15, -0.1) is 0 Å². The molecular formula is C26H29FN2O3. The number of aryl methyl sites for hydroxylation is 1. The predicted molar refractivity (Wildman–Crippen MR) is 121 cm³/mol. The first kappa shape index (κ1) is 23.3. The van der Waals surface area contributed by atoms with Crippen LogP contribution in [0.5, 0.6) is 0 Å². The smallest absolute Gasteiger partial charge is 0.254 e. The molecule has 0 aliphatic rings. The molecule has 0 aliphatic carbocycles. The second-order valence-corrected chi connectivity index (χ2v) is 8.82. The molecule has 0 N–H and O–H groups in total. The number of halogens is 1. The molecule has 0 saturated heterocycles. The van der Waals surface area contributed by atoms with Crippen molar-refractivity contribution in [3.8, 4) is 0 Å². The van der Waals surface area contributed by atoms with Crippen molar-refractivity contribution >= 4 is 11.8 Å². The minimum Gasteiger partial charge on any atom is -0.464 e. The van der Waals surface area contributed by atoms with Gasteiger partial charge in [0.1, 0.15) is 23.9 Å². The number of hydrogen-bond donors (Lipinski definition) is 0. The highest BCUT2D eigenvalue weighted by molar-refractivity contribution is 5.97. The maximum absolute atomic E-state index is 13.4. The molecule has 0 fully saturated rings. The third-order valence-corrected chi connectivity index (χ3v) is 5.15. The molecule has 0 aliphatic heterocycles. The standard InChI is InChI=1S/C26H29FN2O3/c1-19-10-15-23(32-19)17-28(16-20-11-13-22(27)14-12-20)24(30)18-29(26(2,3)4)25(31)21-8-6-5-7-9-21/h5-15H,16-18H2,1-4H3. The summed E-state index contributed by atoms with van der Waals surface area (Å²) in [5.74, 6) is 0.643. The Labute approximate surface area is 188 Å². The average molecular weight is 437 g/mol. The maximum Gasteiger partial charge on any atom is 0.254 e. The third kappa shape index (κ3) is 6.06. The summed E-state index contributed by atoms with van der Waals surface area (Å²) in [6.45, 7) is 8.00. The molecule has 2 amide bonds. The van der Waals surface area contributed by atoms with Crippen LogP contribution in [0.15, 0.2) is 71.1 Å². The fourth-order valence-corrected chi connectivity index (χ4v) is 3.39. The lowest BCUT2D eigenvalue weighted by atomic mass is 10.0. The van der Waals surface area contributed by atoms with Gasteiger partial charge in [-0.3, -0.25) is 9.59 Å². The van der Waals surface area contributed by atoms with Gasteiger partial charge >= 0.3 is 0 Å². The number of benzene rings is 2. The van der Waals surface area contributed by atoms with E-state index in [2.05, 4.69) is 0 Å². The fraction of sp³-hybridized carbons (Fsp3) is 0.308. The average Bonchev–Trinajstić information content (AvgIpc) is 3.17. The van der Waals surface area contributed by atoms with Gasteiger partial charge < -0.3 is 14.2 Å². The van der Waals surface area contributed by atoms with Gasteiger partial charge in [-0.05, 0) is 69.7 Å². The van der Waals surface area contributed by atoms with Crippen LogP contribution in [0.2, 0.25) is 0 Å². The molecule has 0 saturated carbocycles. The number of hydrogen-bond acceptors (Lipinski definition) is 3. The Hall–Kier alpha value is -3.41. The summed E-state index contributed by atoms with van der Waals surface area (Å²) in [7, 11) is 0. The first-order valence-electron chi connectivity index (χ1n) is 10.6. The van der Waals surface area contributed by atoms with Crippen LogP contribution in [0.3, 0.4) is 0 Å². The summed E-state index contributed by atoms with van der Waals surface area (Å²) in [6, 6.07) is 18.7. The van der Waals surface area contributed by atoms with Crippen LogP contribution < -0.4 is 0 Å². The Morgan fingerprint density at radius 2 is 1.56 bits per heavy atom. The van der Waals surface area contributed by atoms with E-state index in [0.29, 0.717) is 11.3 Å². The Bertz CT molecular complexity index is 1050. The van der Waals surface area contributed by atoms with Gasteiger partial charge in [-0.25, -0.2) is 4.39 Å². The molecule has 0 unspecified atom stereocenters. The van der Waals surface area contributed by atoms with Gasteiger partial charge in [-0.2, -0.15) is 0 Å². The molecule has 6 heteroatoms. The van der Waals surface area contributed by atoms with Gasteiger partial charge in [0.15, 0.2) is 0 Å². The van der Waals surface area contributed by atoms with Gasteiger partial charge in [0.05, 0.1) is 6.54 Å². The van der Waals surface area contributed by atoms with Crippen molar-refractivity contribution in [2.45, 2.75) is 46.3 Å². The zero-order chi connectivity index (χ0) is 23.3. The third-order valence-electron chi connectivity index (χ3n) is 5.15. The number of amides is 2. The quantitative estimate of drug-likeness (QED) is 0.512. The van der Waals surface area contributed by atoms with Crippen molar-refractivity contribution < 1.29 is 18.4 Å². The number of furan rings is 1.